The van der Waals surface area contributed by atoms with E-state index in [9.17, 15) is 0 Å². The Balaban J connectivity index is 1.68. The van der Waals surface area contributed by atoms with Gasteiger partial charge in [0.25, 0.3) is 0 Å². The zero-order chi connectivity index (χ0) is 14.9. The molecular formula is C14H24N6S. The quantitative estimate of drug-likeness (QED) is 0.630. The van der Waals surface area contributed by atoms with E-state index in [4.69, 9.17) is 0 Å². The molecule has 0 amide bonds. The van der Waals surface area contributed by atoms with E-state index in [0.29, 0.717) is 0 Å². The molecule has 116 valence electrons. The normalized spacial score (nSPS) is 11.1. The van der Waals surface area contributed by atoms with Gasteiger partial charge in [0.1, 0.15) is 24.3 Å². The zero-order valence-electron chi connectivity index (χ0n) is 12.9. The van der Waals surface area contributed by atoms with Crippen LogP contribution in [-0.2, 0) is 25.9 Å². The first-order valence-corrected chi connectivity index (χ1v) is 8.81. The lowest BCUT2D eigenvalue weighted by Gasteiger charge is -2.06. The molecule has 7 heteroatoms. The first kappa shape index (κ1) is 16.0. The van der Waals surface area contributed by atoms with E-state index < -0.39 is 0 Å². The van der Waals surface area contributed by atoms with Gasteiger partial charge in [-0.2, -0.15) is 11.8 Å². The van der Waals surface area contributed by atoms with Crippen LogP contribution in [0.4, 0.5) is 0 Å². The zero-order valence-corrected chi connectivity index (χ0v) is 13.7. The van der Waals surface area contributed by atoms with E-state index in [1.807, 2.05) is 24.4 Å². The van der Waals surface area contributed by atoms with Crippen LogP contribution in [0.5, 0.6) is 0 Å². The van der Waals surface area contributed by atoms with Crippen molar-refractivity contribution in [3.8, 4) is 0 Å². The maximum Gasteiger partial charge on any atom is 0.133 e. The Kier molecular flexibility index (Phi) is 6.72. The second kappa shape index (κ2) is 8.81. The minimum atomic E-state index is 0.978. The smallest absolute Gasteiger partial charge is 0.133 e. The number of aromatic nitrogens is 6. The van der Waals surface area contributed by atoms with E-state index in [0.717, 1.165) is 61.9 Å². The maximum absolute atomic E-state index is 4.19. The fraction of sp³-hybridized carbons (Fsp3) is 0.714. The number of rotatable bonds is 10. The van der Waals surface area contributed by atoms with Gasteiger partial charge in [-0.3, -0.25) is 0 Å². The summed E-state index contributed by atoms with van der Waals surface area (Å²) in [4.78, 5) is 0. The third kappa shape index (κ3) is 4.84. The van der Waals surface area contributed by atoms with Crippen LogP contribution < -0.4 is 0 Å². The summed E-state index contributed by atoms with van der Waals surface area (Å²) in [5, 5.41) is 16.4. The van der Waals surface area contributed by atoms with Crippen LogP contribution in [0, 0.1) is 0 Å². The van der Waals surface area contributed by atoms with Crippen molar-refractivity contribution in [2.24, 2.45) is 0 Å². The highest BCUT2D eigenvalue weighted by atomic mass is 32.2. The average molecular weight is 308 g/mol. The second-order valence-corrected chi connectivity index (χ2v) is 6.22. The van der Waals surface area contributed by atoms with Gasteiger partial charge >= 0.3 is 0 Å². The summed E-state index contributed by atoms with van der Waals surface area (Å²) < 4.78 is 4.30. The average Bonchev–Trinajstić information content (AvgIpc) is 3.10. The van der Waals surface area contributed by atoms with Gasteiger partial charge in [-0.25, -0.2) is 0 Å². The third-order valence-corrected chi connectivity index (χ3v) is 4.25. The van der Waals surface area contributed by atoms with Crippen molar-refractivity contribution < 1.29 is 0 Å². The number of nitrogens with zero attached hydrogens (tertiary/aromatic N) is 6. The summed E-state index contributed by atoms with van der Waals surface area (Å²) in [6, 6.07) is 0. The SMILES string of the molecule is CCCn1cnnc1CCSCCc1nncn1CCC. The molecule has 0 saturated carbocycles. The molecule has 2 aromatic rings. The van der Waals surface area contributed by atoms with Crippen molar-refractivity contribution in [2.45, 2.75) is 52.6 Å². The first-order chi connectivity index (χ1) is 10.3. The summed E-state index contributed by atoms with van der Waals surface area (Å²) >= 11 is 1.94. The van der Waals surface area contributed by atoms with Gasteiger partial charge in [0, 0.05) is 37.4 Å². The highest BCUT2D eigenvalue weighted by Gasteiger charge is 2.05. The standard InChI is InChI=1S/C14H24N6S/c1-3-7-19-11-15-17-13(19)5-9-21-10-6-14-18-16-12-20(14)8-4-2/h11-12H,3-10H2,1-2H3. The van der Waals surface area contributed by atoms with E-state index in [2.05, 4.69) is 43.4 Å². The van der Waals surface area contributed by atoms with Crippen molar-refractivity contribution >= 4 is 11.8 Å². The van der Waals surface area contributed by atoms with E-state index in [1.165, 1.54) is 0 Å². The molecular weight excluding hydrogens is 284 g/mol. The molecule has 2 aromatic heterocycles. The number of aryl methyl sites for hydroxylation is 4. The van der Waals surface area contributed by atoms with Gasteiger partial charge in [-0.05, 0) is 12.8 Å². The van der Waals surface area contributed by atoms with Gasteiger partial charge < -0.3 is 9.13 Å². The van der Waals surface area contributed by atoms with Crippen molar-refractivity contribution in [1.29, 1.82) is 0 Å². The number of thioether (sulfide) groups is 1. The highest BCUT2D eigenvalue weighted by Crippen LogP contribution is 2.09. The first-order valence-electron chi connectivity index (χ1n) is 7.66. The lowest BCUT2D eigenvalue weighted by Crippen LogP contribution is -2.06. The molecule has 2 rings (SSSR count). The minimum absolute atomic E-state index is 0.978. The van der Waals surface area contributed by atoms with Gasteiger partial charge in [-0.1, -0.05) is 13.8 Å². The van der Waals surface area contributed by atoms with E-state index in [-0.39, 0.29) is 0 Å². The maximum atomic E-state index is 4.19. The van der Waals surface area contributed by atoms with Gasteiger partial charge in [-0.15, -0.1) is 20.4 Å². The Morgan fingerprint density at radius 3 is 1.76 bits per heavy atom. The Bertz CT molecular complexity index is 475. The number of hydrogen-bond donors (Lipinski definition) is 0. The van der Waals surface area contributed by atoms with Crippen molar-refractivity contribution in [3.63, 3.8) is 0 Å². The highest BCUT2D eigenvalue weighted by molar-refractivity contribution is 7.99. The Hall–Kier alpha value is -1.37. The second-order valence-electron chi connectivity index (χ2n) is 4.99. The molecule has 0 aliphatic carbocycles. The predicted molar refractivity (Wildman–Crippen MR) is 85.4 cm³/mol. The molecule has 0 N–H and O–H groups in total. The molecule has 0 radical (unpaired) electrons. The Labute approximate surface area is 130 Å². The van der Waals surface area contributed by atoms with Crippen molar-refractivity contribution in [3.05, 3.63) is 24.3 Å². The summed E-state index contributed by atoms with van der Waals surface area (Å²) in [7, 11) is 0. The molecule has 0 atom stereocenters. The summed E-state index contributed by atoms with van der Waals surface area (Å²) in [5.41, 5.74) is 0. The molecule has 0 unspecified atom stereocenters. The molecule has 0 fully saturated rings. The molecule has 2 heterocycles. The monoisotopic (exact) mass is 308 g/mol. The van der Waals surface area contributed by atoms with Crippen LogP contribution in [0.15, 0.2) is 12.7 Å². The van der Waals surface area contributed by atoms with E-state index in [1.54, 1.807) is 0 Å². The van der Waals surface area contributed by atoms with Crippen LogP contribution in [0.1, 0.15) is 38.3 Å². The fourth-order valence-electron chi connectivity index (χ4n) is 2.23. The minimum Gasteiger partial charge on any atom is -0.318 e. The fourth-order valence-corrected chi connectivity index (χ4v) is 3.09. The Morgan fingerprint density at radius 1 is 0.857 bits per heavy atom. The Morgan fingerprint density at radius 2 is 1.33 bits per heavy atom. The van der Waals surface area contributed by atoms with Crippen molar-refractivity contribution in [2.75, 3.05) is 11.5 Å². The molecule has 0 spiro atoms. The van der Waals surface area contributed by atoms with Gasteiger partial charge in [0.2, 0.25) is 0 Å². The lowest BCUT2D eigenvalue weighted by atomic mass is 10.4. The summed E-state index contributed by atoms with van der Waals surface area (Å²) in [5.74, 6) is 4.34. The number of hydrogen-bond acceptors (Lipinski definition) is 5. The largest absolute Gasteiger partial charge is 0.318 e. The van der Waals surface area contributed by atoms with Crippen LogP contribution in [0.2, 0.25) is 0 Å². The lowest BCUT2D eigenvalue weighted by molar-refractivity contribution is 0.642. The molecule has 0 saturated heterocycles. The van der Waals surface area contributed by atoms with Crippen molar-refractivity contribution in [1.82, 2.24) is 29.5 Å². The van der Waals surface area contributed by atoms with Crippen LogP contribution in [0.3, 0.4) is 0 Å². The molecule has 0 bridgehead atoms. The van der Waals surface area contributed by atoms with Gasteiger partial charge in [0.05, 0.1) is 0 Å². The van der Waals surface area contributed by atoms with Crippen LogP contribution in [-0.4, -0.2) is 41.0 Å². The van der Waals surface area contributed by atoms with E-state index >= 15 is 0 Å². The van der Waals surface area contributed by atoms with Gasteiger partial charge in [0.15, 0.2) is 0 Å². The molecule has 21 heavy (non-hydrogen) atoms. The topological polar surface area (TPSA) is 61.4 Å². The van der Waals surface area contributed by atoms with Crippen LogP contribution >= 0.6 is 11.8 Å². The molecule has 0 aliphatic heterocycles. The van der Waals surface area contributed by atoms with Crippen LogP contribution in [0.25, 0.3) is 0 Å². The predicted octanol–water partition coefficient (Wildman–Crippen LogP) is 2.21. The molecule has 6 nitrogen and oxygen atoms in total. The summed E-state index contributed by atoms with van der Waals surface area (Å²) in [6.45, 7) is 6.36. The summed E-state index contributed by atoms with van der Waals surface area (Å²) in [6.07, 6.45) is 7.85. The third-order valence-electron chi connectivity index (χ3n) is 3.26. The molecule has 0 aliphatic rings. The molecule has 0 aromatic carbocycles.